The summed E-state index contributed by atoms with van der Waals surface area (Å²) in [5.74, 6) is -1.66. The predicted octanol–water partition coefficient (Wildman–Crippen LogP) is 1.51. The molecule has 8 nitrogen and oxygen atoms in total. The van der Waals surface area contributed by atoms with Gasteiger partial charge in [-0.1, -0.05) is 41.9 Å². The summed E-state index contributed by atoms with van der Waals surface area (Å²) in [5.41, 5.74) is 0.856. The molecule has 3 rings (SSSR count). The highest BCUT2D eigenvalue weighted by Gasteiger charge is 2.34. The average Bonchev–Trinajstić information content (AvgIpc) is 2.77. The molecule has 2 aromatic carbocycles. The minimum Gasteiger partial charge on any atom is -0.360 e. The highest BCUT2D eigenvalue weighted by molar-refractivity contribution is 7.89. The van der Waals surface area contributed by atoms with Crippen LogP contribution >= 0.6 is 11.6 Å². The minimum atomic E-state index is -3.84. The number of rotatable bonds is 6. The van der Waals surface area contributed by atoms with Gasteiger partial charge in [0.1, 0.15) is 6.23 Å². The first-order valence-corrected chi connectivity index (χ1v) is 11.2. The standard InChI is InChI=1S/C20H22ClN3O5S/c21-16-7-9-17(10-8-16)30(27,28)24-11-4-12-29-18(24)14-23-20(26)19(25)22-13-15-5-2-1-3-6-15/h1-3,5-10,18H,4,11-14H2,(H,22,25)(H,23,26)/t18-/m0/s1. The summed E-state index contributed by atoms with van der Waals surface area (Å²) in [7, 11) is -3.84. The van der Waals surface area contributed by atoms with E-state index in [2.05, 4.69) is 10.6 Å². The predicted molar refractivity (Wildman–Crippen MR) is 111 cm³/mol. The van der Waals surface area contributed by atoms with Crippen LogP contribution in [0, 0.1) is 0 Å². The van der Waals surface area contributed by atoms with Gasteiger partial charge < -0.3 is 15.4 Å². The van der Waals surface area contributed by atoms with Crippen molar-refractivity contribution in [3.8, 4) is 0 Å². The van der Waals surface area contributed by atoms with E-state index in [0.717, 1.165) is 5.56 Å². The number of halogens is 1. The maximum atomic E-state index is 13.0. The van der Waals surface area contributed by atoms with E-state index in [1.165, 1.54) is 28.6 Å². The van der Waals surface area contributed by atoms with Crippen LogP contribution in [0.15, 0.2) is 59.5 Å². The molecule has 1 aliphatic rings. The number of nitrogens with one attached hydrogen (secondary N) is 2. The van der Waals surface area contributed by atoms with Crippen LogP contribution in [-0.2, 0) is 30.9 Å². The van der Waals surface area contributed by atoms with Crippen molar-refractivity contribution in [1.82, 2.24) is 14.9 Å². The van der Waals surface area contributed by atoms with Crippen LogP contribution in [0.5, 0.6) is 0 Å². The van der Waals surface area contributed by atoms with Crippen molar-refractivity contribution in [3.63, 3.8) is 0 Å². The number of sulfonamides is 1. The Morgan fingerprint density at radius 3 is 2.40 bits per heavy atom. The van der Waals surface area contributed by atoms with Gasteiger partial charge in [0.2, 0.25) is 10.0 Å². The van der Waals surface area contributed by atoms with Crippen LogP contribution in [0.3, 0.4) is 0 Å². The summed E-state index contributed by atoms with van der Waals surface area (Å²) in [6, 6.07) is 15.0. The molecule has 160 valence electrons. The second-order valence-electron chi connectivity index (χ2n) is 6.63. The van der Waals surface area contributed by atoms with E-state index in [4.69, 9.17) is 16.3 Å². The number of amides is 2. The number of nitrogens with zero attached hydrogens (tertiary/aromatic N) is 1. The quantitative estimate of drug-likeness (QED) is 0.648. The van der Waals surface area contributed by atoms with Gasteiger partial charge in [0.25, 0.3) is 0 Å². The molecule has 0 spiro atoms. The first-order chi connectivity index (χ1) is 14.4. The molecular formula is C20H22ClN3O5S. The molecule has 0 saturated carbocycles. The van der Waals surface area contributed by atoms with Gasteiger partial charge in [-0.25, -0.2) is 8.42 Å². The Morgan fingerprint density at radius 1 is 1.03 bits per heavy atom. The zero-order chi connectivity index (χ0) is 21.6. The normalized spacial score (nSPS) is 17.3. The third kappa shape index (κ3) is 5.57. The Hall–Kier alpha value is -2.46. The van der Waals surface area contributed by atoms with Gasteiger partial charge in [-0.05, 0) is 36.2 Å². The van der Waals surface area contributed by atoms with Gasteiger partial charge in [0, 0.05) is 18.1 Å². The van der Waals surface area contributed by atoms with E-state index < -0.39 is 28.1 Å². The van der Waals surface area contributed by atoms with Gasteiger partial charge >= 0.3 is 11.8 Å². The van der Waals surface area contributed by atoms with Crippen molar-refractivity contribution in [2.75, 3.05) is 19.7 Å². The monoisotopic (exact) mass is 451 g/mol. The molecule has 0 aliphatic carbocycles. The fourth-order valence-electron chi connectivity index (χ4n) is 2.96. The Labute approximate surface area is 180 Å². The van der Waals surface area contributed by atoms with Crippen molar-refractivity contribution in [2.24, 2.45) is 0 Å². The van der Waals surface area contributed by atoms with Crippen LogP contribution in [0.4, 0.5) is 0 Å². The summed E-state index contributed by atoms with van der Waals surface area (Å²) >= 11 is 5.84. The maximum absolute atomic E-state index is 13.0. The van der Waals surface area contributed by atoms with Gasteiger partial charge in [-0.2, -0.15) is 4.31 Å². The number of hydrogen-bond donors (Lipinski definition) is 2. The number of hydrogen-bond acceptors (Lipinski definition) is 5. The van der Waals surface area contributed by atoms with E-state index in [9.17, 15) is 18.0 Å². The summed E-state index contributed by atoms with van der Waals surface area (Å²) in [5, 5.41) is 5.40. The van der Waals surface area contributed by atoms with Gasteiger partial charge in [0.15, 0.2) is 0 Å². The first-order valence-electron chi connectivity index (χ1n) is 9.37. The Morgan fingerprint density at radius 2 is 1.70 bits per heavy atom. The van der Waals surface area contributed by atoms with Crippen LogP contribution in [0.1, 0.15) is 12.0 Å². The Bertz CT molecular complexity index is 983. The lowest BCUT2D eigenvalue weighted by Gasteiger charge is -2.34. The molecule has 1 aliphatic heterocycles. The lowest BCUT2D eigenvalue weighted by atomic mass is 10.2. The summed E-state index contributed by atoms with van der Waals surface area (Å²) in [4.78, 5) is 24.2. The van der Waals surface area contributed by atoms with Crippen molar-refractivity contribution in [3.05, 3.63) is 65.2 Å². The minimum absolute atomic E-state index is 0.0781. The van der Waals surface area contributed by atoms with Crippen LogP contribution in [0.25, 0.3) is 0 Å². The lowest BCUT2D eigenvalue weighted by Crippen LogP contribution is -2.53. The summed E-state index contributed by atoms with van der Waals surface area (Å²) in [6.45, 7) is 0.660. The number of benzene rings is 2. The number of carbonyl (C=O) groups excluding carboxylic acids is 2. The summed E-state index contributed by atoms with van der Waals surface area (Å²) in [6.07, 6.45) is -0.389. The van der Waals surface area contributed by atoms with E-state index in [1.54, 1.807) is 0 Å². The van der Waals surface area contributed by atoms with E-state index in [0.29, 0.717) is 18.1 Å². The fraction of sp³-hybridized carbons (Fsp3) is 0.300. The van der Waals surface area contributed by atoms with Crippen LogP contribution in [-0.4, -0.2) is 50.5 Å². The third-order valence-corrected chi connectivity index (χ3v) is 6.67. The average molecular weight is 452 g/mol. The second kappa shape index (κ2) is 10.0. The van der Waals surface area contributed by atoms with Crippen LogP contribution in [0.2, 0.25) is 5.02 Å². The molecule has 1 saturated heterocycles. The Kier molecular flexibility index (Phi) is 7.43. The van der Waals surface area contributed by atoms with Crippen molar-refractivity contribution >= 4 is 33.4 Å². The van der Waals surface area contributed by atoms with Gasteiger partial charge in [-0.15, -0.1) is 0 Å². The van der Waals surface area contributed by atoms with E-state index in [-0.39, 0.29) is 24.5 Å². The summed E-state index contributed by atoms with van der Waals surface area (Å²) < 4.78 is 32.7. The molecule has 10 heteroatoms. The maximum Gasteiger partial charge on any atom is 0.309 e. The molecule has 0 bridgehead atoms. The first kappa shape index (κ1) is 22.2. The molecule has 2 amide bonds. The zero-order valence-electron chi connectivity index (χ0n) is 16.1. The molecule has 0 unspecified atom stereocenters. The molecule has 2 N–H and O–H groups in total. The fourth-order valence-corrected chi connectivity index (χ4v) is 4.65. The third-order valence-electron chi connectivity index (χ3n) is 4.51. The largest absolute Gasteiger partial charge is 0.360 e. The molecule has 1 fully saturated rings. The van der Waals surface area contributed by atoms with Crippen LogP contribution < -0.4 is 10.6 Å². The molecule has 0 radical (unpaired) electrons. The molecule has 30 heavy (non-hydrogen) atoms. The van der Waals surface area contributed by atoms with Crippen molar-refractivity contribution < 1.29 is 22.7 Å². The highest BCUT2D eigenvalue weighted by atomic mass is 35.5. The van der Waals surface area contributed by atoms with Gasteiger partial charge in [-0.3, -0.25) is 9.59 Å². The van der Waals surface area contributed by atoms with Crippen molar-refractivity contribution in [1.29, 1.82) is 0 Å². The number of carbonyl (C=O) groups is 2. The topological polar surface area (TPSA) is 105 Å². The zero-order valence-corrected chi connectivity index (χ0v) is 17.7. The lowest BCUT2D eigenvalue weighted by molar-refractivity contribution is -0.140. The molecule has 2 aromatic rings. The highest BCUT2D eigenvalue weighted by Crippen LogP contribution is 2.23. The van der Waals surface area contributed by atoms with E-state index in [1.807, 2.05) is 30.3 Å². The van der Waals surface area contributed by atoms with Crippen molar-refractivity contribution in [2.45, 2.75) is 24.1 Å². The SMILES string of the molecule is O=C(NCc1ccccc1)C(=O)NC[C@@H]1OCCCN1S(=O)(=O)c1ccc(Cl)cc1. The number of ether oxygens (including phenoxy) is 1. The smallest absolute Gasteiger partial charge is 0.309 e. The van der Waals surface area contributed by atoms with Gasteiger partial charge in [0.05, 0.1) is 18.0 Å². The Balaban J connectivity index is 1.59. The second-order valence-corrected chi connectivity index (χ2v) is 8.95. The molecule has 1 heterocycles. The molecule has 0 aromatic heterocycles. The molecular weight excluding hydrogens is 430 g/mol. The van der Waals surface area contributed by atoms with E-state index >= 15 is 0 Å². The molecule has 1 atom stereocenters.